The quantitative estimate of drug-likeness (QED) is 0.0994. The van der Waals surface area contributed by atoms with Gasteiger partial charge in [-0.05, 0) is 73.2 Å². The Morgan fingerprint density at radius 3 is 2.17 bits per heavy atom. The van der Waals surface area contributed by atoms with Gasteiger partial charge in [-0.3, -0.25) is 9.59 Å². The number of aromatic nitrogens is 1. The van der Waals surface area contributed by atoms with Crippen LogP contribution in [0.15, 0.2) is 83.3 Å². The number of rotatable bonds is 14. The average Bonchev–Trinajstić information content (AvgIpc) is 3.84. The van der Waals surface area contributed by atoms with Crippen LogP contribution in [0.1, 0.15) is 59.2 Å². The molecule has 0 saturated heterocycles. The maximum atomic E-state index is 15.0. The van der Waals surface area contributed by atoms with Crippen molar-refractivity contribution in [3.63, 3.8) is 0 Å². The summed E-state index contributed by atoms with van der Waals surface area (Å²) in [7, 11) is 0. The second kappa shape index (κ2) is 15.8. The fraction of sp³-hybridized carbons (Fsp3) is 0.237. The van der Waals surface area contributed by atoms with Gasteiger partial charge in [-0.25, -0.2) is 22.5 Å². The first-order chi connectivity index (χ1) is 25.4. The molecule has 53 heavy (non-hydrogen) atoms. The molecule has 1 aliphatic rings. The summed E-state index contributed by atoms with van der Waals surface area (Å²) < 4.78 is 98.6. The van der Waals surface area contributed by atoms with Crippen molar-refractivity contribution in [3.8, 4) is 34.1 Å². The van der Waals surface area contributed by atoms with E-state index in [1.54, 1.807) is 36.4 Å². The number of nitrogens with one attached hydrogen (secondary N) is 2. The van der Waals surface area contributed by atoms with Crippen LogP contribution in [0.25, 0.3) is 22.6 Å². The summed E-state index contributed by atoms with van der Waals surface area (Å²) in [4.78, 5) is 31.3. The lowest BCUT2D eigenvalue weighted by Crippen LogP contribution is -2.41. The van der Waals surface area contributed by atoms with Gasteiger partial charge in [0.05, 0.1) is 12.6 Å². The Morgan fingerprint density at radius 1 is 0.868 bits per heavy atom. The van der Waals surface area contributed by atoms with Crippen LogP contribution in [0.4, 0.5) is 26.3 Å². The molecule has 9 nitrogen and oxygen atoms in total. The molecule has 2 atom stereocenters. The van der Waals surface area contributed by atoms with Crippen LogP contribution in [0.5, 0.6) is 11.5 Å². The number of carbonyl (C=O) groups excluding carboxylic acids is 2. The number of halogens is 6. The first-order valence-corrected chi connectivity index (χ1v) is 16.4. The van der Waals surface area contributed by atoms with E-state index in [1.165, 1.54) is 13.0 Å². The summed E-state index contributed by atoms with van der Waals surface area (Å²) in [5, 5.41) is 4.77. The van der Waals surface area contributed by atoms with Gasteiger partial charge in [-0.2, -0.15) is 8.78 Å². The normalized spacial score (nSPS) is 13.8. The lowest BCUT2D eigenvalue weighted by atomic mass is 10.0. The molecule has 1 aliphatic carbocycles. The molecule has 0 radical (unpaired) electrons. The summed E-state index contributed by atoms with van der Waals surface area (Å²) in [6.45, 7) is -1.57. The number of alkyl halides is 2. The predicted molar refractivity (Wildman–Crippen MR) is 180 cm³/mol. The van der Waals surface area contributed by atoms with Crippen LogP contribution in [0, 0.1) is 29.2 Å². The van der Waals surface area contributed by atoms with Crippen molar-refractivity contribution in [1.29, 1.82) is 0 Å². The highest BCUT2D eigenvalue weighted by atomic mass is 19.3. The zero-order chi connectivity index (χ0) is 37.8. The van der Waals surface area contributed by atoms with Crippen LogP contribution >= 0.6 is 0 Å². The Labute approximate surface area is 299 Å². The van der Waals surface area contributed by atoms with E-state index < -0.39 is 65.9 Å². The predicted octanol–water partition coefficient (Wildman–Crippen LogP) is 7.76. The number of oxazole rings is 1. The van der Waals surface area contributed by atoms with Crippen molar-refractivity contribution < 1.29 is 49.8 Å². The molecule has 5 aromatic rings. The van der Waals surface area contributed by atoms with E-state index in [4.69, 9.17) is 14.9 Å². The van der Waals surface area contributed by atoms with Crippen molar-refractivity contribution in [1.82, 2.24) is 15.6 Å². The summed E-state index contributed by atoms with van der Waals surface area (Å²) in [5.41, 5.74) is 7.02. The van der Waals surface area contributed by atoms with Crippen molar-refractivity contribution >= 4 is 11.8 Å². The molecule has 0 aliphatic heterocycles. The molecule has 4 aromatic carbocycles. The van der Waals surface area contributed by atoms with Gasteiger partial charge in [0.25, 0.3) is 5.91 Å². The topological polar surface area (TPSA) is 129 Å². The molecule has 276 valence electrons. The van der Waals surface area contributed by atoms with Gasteiger partial charge < -0.3 is 30.3 Å². The van der Waals surface area contributed by atoms with Crippen molar-refractivity contribution in [2.75, 3.05) is 6.61 Å². The molecule has 4 N–H and O–H groups in total. The van der Waals surface area contributed by atoms with Crippen LogP contribution in [0.2, 0.25) is 0 Å². The fourth-order valence-corrected chi connectivity index (χ4v) is 5.39. The molecule has 2 amide bonds. The second-order valence-electron chi connectivity index (χ2n) is 12.4. The van der Waals surface area contributed by atoms with Crippen molar-refractivity contribution in [2.45, 2.75) is 45.0 Å². The van der Waals surface area contributed by atoms with Gasteiger partial charge in [-0.15, -0.1) is 0 Å². The fourth-order valence-electron chi connectivity index (χ4n) is 5.39. The highest BCUT2D eigenvalue weighted by Gasteiger charge is 2.31. The summed E-state index contributed by atoms with van der Waals surface area (Å²) in [6.07, 6.45) is 2.01. The Morgan fingerprint density at radius 2 is 1.53 bits per heavy atom. The minimum absolute atomic E-state index is 0.0242. The van der Waals surface area contributed by atoms with Crippen molar-refractivity contribution in [2.24, 2.45) is 11.7 Å². The molecular formula is C38H32F6N4O5. The highest BCUT2D eigenvalue weighted by Crippen LogP contribution is 2.37. The van der Waals surface area contributed by atoms with Gasteiger partial charge in [0.2, 0.25) is 11.8 Å². The lowest BCUT2D eigenvalue weighted by Gasteiger charge is -2.19. The average molecular weight is 739 g/mol. The van der Waals surface area contributed by atoms with Gasteiger partial charge in [-0.1, -0.05) is 30.3 Å². The molecule has 6 rings (SSSR count). The number of benzene rings is 4. The molecule has 0 bridgehead atoms. The number of ether oxygens (including phenoxy) is 2. The smallest absolute Gasteiger partial charge is 0.387 e. The van der Waals surface area contributed by atoms with E-state index in [0.29, 0.717) is 41.3 Å². The van der Waals surface area contributed by atoms with Crippen LogP contribution in [0.3, 0.4) is 0 Å². The molecular weight excluding hydrogens is 706 g/mol. The van der Waals surface area contributed by atoms with Gasteiger partial charge in [0, 0.05) is 35.4 Å². The molecule has 1 heterocycles. The minimum atomic E-state index is -3.02. The monoisotopic (exact) mass is 738 g/mol. The lowest BCUT2D eigenvalue weighted by molar-refractivity contribution is -0.123. The number of hydrogen-bond acceptors (Lipinski definition) is 7. The molecule has 0 spiro atoms. The van der Waals surface area contributed by atoms with E-state index >= 15 is 0 Å². The Hall–Kier alpha value is -5.83. The maximum Gasteiger partial charge on any atom is 0.387 e. The summed E-state index contributed by atoms with van der Waals surface area (Å²) >= 11 is 0. The van der Waals surface area contributed by atoms with Gasteiger partial charge in [0.15, 0.2) is 23.0 Å². The van der Waals surface area contributed by atoms with Crippen molar-refractivity contribution in [3.05, 3.63) is 125 Å². The van der Waals surface area contributed by atoms with E-state index in [9.17, 15) is 35.9 Å². The number of amides is 2. The largest absolute Gasteiger partial charge is 0.489 e. The number of nitrogens with two attached hydrogens (primary N) is 1. The molecule has 1 fully saturated rings. The molecule has 1 aromatic heterocycles. The SMILES string of the molecule is C[C@H](N)c1oc(-c2ccc(-c3ccc(OC(F)F)c(OCC4CC4)c3)cc2)nc1C(=O)NC(C(=O)NCc1ccc(F)cc1F)c1ccc(F)cc1F. The van der Waals surface area contributed by atoms with E-state index in [-0.39, 0.29) is 34.4 Å². The first kappa shape index (κ1) is 36.9. The third kappa shape index (κ3) is 8.98. The summed E-state index contributed by atoms with van der Waals surface area (Å²) in [6, 6.07) is 13.8. The second-order valence-corrected chi connectivity index (χ2v) is 12.4. The Kier molecular flexibility index (Phi) is 11.0. The molecule has 1 saturated carbocycles. The number of carbonyl (C=O) groups is 2. The molecule has 1 unspecified atom stereocenters. The Balaban J connectivity index is 1.24. The minimum Gasteiger partial charge on any atom is -0.489 e. The summed E-state index contributed by atoms with van der Waals surface area (Å²) in [5.74, 6) is -5.47. The van der Waals surface area contributed by atoms with E-state index in [2.05, 4.69) is 20.4 Å². The van der Waals surface area contributed by atoms with Crippen LogP contribution in [-0.4, -0.2) is 30.0 Å². The Bertz CT molecular complexity index is 2120. The first-order valence-electron chi connectivity index (χ1n) is 16.4. The van der Waals surface area contributed by atoms with Crippen LogP contribution in [-0.2, 0) is 11.3 Å². The van der Waals surface area contributed by atoms with Gasteiger partial charge >= 0.3 is 6.61 Å². The third-order valence-electron chi connectivity index (χ3n) is 8.36. The van der Waals surface area contributed by atoms with Gasteiger partial charge in [0.1, 0.15) is 29.3 Å². The zero-order valence-electron chi connectivity index (χ0n) is 28.0. The number of nitrogens with zero attached hydrogens (tertiary/aromatic N) is 1. The van der Waals surface area contributed by atoms with Crippen LogP contribution < -0.4 is 25.8 Å². The van der Waals surface area contributed by atoms with E-state index in [1.807, 2.05) is 0 Å². The zero-order valence-corrected chi connectivity index (χ0v) is 28.0. The standard InChI is InChI=1S/C38H32F6N4O5/c1-19(45)34-33(36(50)47-32(27-12-11-26(40)16-29(27)42)35(49)46-17-24-8-10-25(39)15-28(24)41)48-37(53-34)22-6-4-21(5-7-22)23-9-13-30(52-38(43)44)31(14-23)51-18-20-2-3-20/h4-16,19-20,32,38H,2-3,17-18,45H2,1H3,(H,46,49)(H,47,50)/t19-,32?/m0/s1. The highest BCUT2D eigenvalue weighted by molar-refractivity contribution is 5.97. The molecule has 15 heteroatoms. The number of hydrogen-bond donors (Lipinski definition) is 3. The van der Waals surface area contributed by atoms with E-state index in [0.717, 1.165) is 37.1 Å². The maximum absolute atomic E-state index is 15.0. The third-order valence-corrected chi connectivity index (χ3v) is 8.36.